The summed E-state index contributed by atoms with van der Waals surface area (Å²) in [5, 5.41) is 0. The van der Waals surface area contributed by atoms with E-state index < -0.39 is 11.9 Å². The predicted molar refractivity (Wildman–Crippen MR) is 90.3 cm³/mol. The Hall–Kier alpha value is -3.09. The van der Waals surface area contributed by atoms with Crippen LogP contribution in [0.4, 0.5) is 0 Å². The number of aromatic nitrogens is 1. The minimum absolute atomic E-state index is 0.000680. The monoisotopic (exact) mass is 344 g/mol. The van der Waals surface area contributed by atoms with E-state index >= 15 is 0 Å². The van der Waals surface area contributed by atoms with Crippen LogP contribution in [0.5, 0.6) is 0 Å². The van der Waals surface area contributed by atoms with Crippen LogP contribution in [0.15, 0.2) is 48.8 Å². The molecule has 7 nitrogen and oxygen atoms in total. The third-order valence-electron chi connectivity index (χ3n) is 3.67. The number of rotatable bonds is 7. The molecule has 0 aliphatic rings. The largest absolute Gasteiger partial charge is 0.469 e. The second-order valence-electron chi connectivity index (χ2n) is 5.27. The van der Waals surface area contributed by atoms with Gasteiger partial charge in [-0.1, -0.05) is 0 Å². The van der Waals surface area contributed by atoms with Gasteiger partial charge in [0.05, 0.1) is 20.6 Å². The van der Waals surface area contributed by atoms with Crippen molar-refractivity contribution in [2.24, 2.45) is 0 Å². The predicted octanol–water partition coefficient (Wildman–Crippen LogP) is 1.66. The fraction of sp³-hybridized carbons (Fsp3) is 0.278. The Morgan fingerprint density at radius 2 is 1.56 bits per heavy atom. The molecular formula is C18H20N2O5. The first-order valence-electron chi connectivity index (χ1n) is 7.71. The topological polar surface area (TPSA) is 77.8 Å². The number of benzene rings is 1. The Morgan fingerprint density at radius 1 is 0.960 bits per heavy atom. The summed E-state index contributed by atoms with van der Waals surface area (Å²) in [7, 11) is 2.52. The van der Waals surface area contributed by atoms with Crippen LogP contribution in [0.3, 0.4) is 0 Å². The van der Waals surface area contributed by atoms with Crippen molar-refractivity contribution in [3.63, 3.8) is 0 Å². The number of nitrogens with zero attached hydrogens (tertiary/aromatic N) is 2. The molecule has 2 rings (SSSR count). The number of hydrogen-bond acceptors (Lipinski definition) is 5. The van der Waals surface area contributed by atoms with E-state index in [9.17, 15) is 14.4 Å². The minimum Gasteiger partial charge on any atom is -0.469 e. The van der Waals surface area contributed by atoms with Crippen LogP contribution >= 0.6 is 0 Å². The zero-order valence-corrected chi connectivity index (χ0v) is 14.2. The fourth-order valence-electron chi connectivity index (χ4n) is 2.27. The number of esters is 2. The van der Waals surface area contributed by atoms with Gasteiger partial charge in [-0.25, -0.2) is 0 Å². The molecule has 1 aromatic carbocycles. The van der Waals surface area contributed by atoms with Gasteiger partial charge in [-0.05, 0) is 36.4 Å². The highest BCUT2D eigenvalue weighted by Gasteiger charge is 2.20. The molecule has 132 valence electrons. The van der Waals surface area contributed by atoms with Gasteiger partial charge in [0.15, 0.2) is 0 Å². The van der Waals surface area contributed by atoms with E-state index in [1.165, 1.54) is 19.1 Å². The van der Waals surface area contributed by atoms with Crippen molar-refractivity contribution < 1.29 is 23.9 Å². The average Bonchev–Trinajstić information content (AvgIpc) is 3.18. The molecule has 1 heterocycles. The van der Waals surface area contributed by atoms with E-state index in [1.54, 1.807) is 12.1 Å². The minimum atomic E-state index is -0.554. The first kappa shape index (κ1) is 18.3. The van der Waals surface area contributed by atoms with E-state index in [1.807, 2.05) is 41.2 Å². The summed E-state index contributed by atoms with van der Waals surface area (Å²) in [6.07, 6.45) is 3.80. The summed E-state index contributed by atoms with van der Waals surface area (Å²) in [6.45, 7) is -0.161. The number of carbonyl (C=O) groups excluding carboxylic acids is 3. The van der Waals surface area contributed by atoms with Gasteiger partial charge in [-0.15, -0.1) is 0 Å². The zero-order chi connectivity index (χ0) is 18.2. The number of carbonyl (C=O) groups is 3. The highest BCUT2D eigenvalue weighted by atomic mass is 16.5. The summed E-state index contributed by atoms with van der Waals surface area (Å²) in [5.74, 6) is -1.36. The lowest BCUT2D eigenvalue weighted by molar-refractivity contribution is -0.143. The van der Waals surface area contributed by atoms with Crippen molar-refractivity contribution in [3.8, 4) is 5.69 Å². The van der Waals surface area contributed by atoms with Crippen LogP contribution < -0.4 is 0 Å². The van der Waals surface area contributed by atoms with Crippen molar-refractivity contribution in [1.29, 1.82) is 0 Å². The molecule has 0 spiro atoms. The first-order chi connectivity index (χ1) is 12.0. The van der Waals surface area contributed by atoms with Crippen molar-refractivity contribution >= 4 is 17.8 Å². The quantitative estimate of drug-likeness (QED) is 0.714. The van der Waals surface area contributed by atoms with E-state index in [4.69, 9.17) is 0 Å². The maximum absolute atomic E-state index is 12.7. The summed E-state index contributed by atoms with van der Waals surface area (Å²) >= 11 is 0. The number of methoxy groups -OCH3 is 2. The molecule has 0 aliphatic carbocycles. The summed E-state index contributed by atoms with van der Waals surface area (Å²) in [5.41, 5.74) is 1.33. The lowest BCUT2D eigenvalue weighted by atomic mass is 10.1. The highest BCUT2D eigenvalue weighted by Crippen LogP contribution is 2.12. The molecule has 0 radical (unpaired) electrons. The van der Waals surface area contributed by atoms with Crippen LogP contribution in [0.25, 0.3) is 5.69 Å². The van der Waals surface area contributed by atoms with Gasteiger partial charge in [0.2, 0.25) is 0 Å². The van der Waals surface area contributed by atoms with Gasteiger partial charge in [0.1, 0.15) is 6.54 Å². The second kappa shape index (κ2) is 8.68. The third kappa shape index (κ3) is 4.94. The molecule has 1 amide bonds. The lowest BCUT2D eigenvalue weighted by Crippen LogP contribution is -2.37. The van der Waals surface area contributed by atoms with Crippen molar-refractivity contribution in [1.82, 2.24) is 9.47 Å². The smallest absolute Gasteiger partial charge is 0.325 e. The molecule has 1 aromatic heterocycles. The first-order valence-corrected chi connectivity index (χ1v) is 7.71. The molecule has 0 unspecified atom stereocenters. The van der Waals surface area contributed by atoms with E-state index in [-0.39, 0.29) is 25.4 Å². The number of ether oxygens (including phenoxy) is 2. The molecule has 0 fully saturated rings. The van der Waals surface area contributed by atoms with Gasteiger partial charge >= 0.3 is 11.9 Å². The lowest BCUT2D eigenvalue weighted by Gasteiger charge is -2.21. The van der Waals surface area contributed by atoms with Gasteiger partial charge in [-0.3, -0.25) is 14.4 Å². The Bertz CT molecular complexity index is 722. The van der Waals surface area contributed by atoms with Gasteiger partial charge in [0, 0.05) is 30.2 Å². The average molecular weight is 344 g/mol. The van der Waals surface area contributed by atoms with Crippen molar-refractivity contribution in [2.75, 3.05) is 27.3 Å². The van der Waals surface area contributed by atoms with Crippen molar-refractivity contribution in [3.05, 3.63) is 54.4 Å². The van der Waals surface area contributed by atoms with Gasteiger partial charge in [-0.2, -0.15) is 0 Å². The van der Waals surface area contributed by atoms with E-state index in [0.717, 1.165) is 5.69 Å². The van der Waals surface area contributed by atoms with E-state index in [2.05, 4.69) is 9.47 Å². The molecule has 0 aliphatic heterocycles. The molecule has 0 atom stereocenters. The Morgan fingerprint density at radius 3 is 2.12 bits per heavy atom. The standard InChI is InChI=1S/C18H20N2O5/c1-24-16(21)9-12-20(13-17(22)25-2)18(23)14-5-7-15(8-6-14)19-10-3-4-11-19/h3-8,10-11H,9,12-13H2,1-2H3. The molecule has 0 bridgehead atoms. The van der Waals surface area contributed by atoms with Gasteiger partial charge < -0.3 is 18.9 Å². The molecule has 2 aromatic rings. The summed E-state index contributed by atoms with van der Waals surface area (Å²) in [4.78, 5) is 36.8. The molecule has 0 saturated heterocycles. The Labute approximate surface area is 145 Å². The summed E-state index contributed by atoms with van der Waals surface area (Å²) in [6, 6.07) is 10.8. The second-order valence-corrected chi connectivity index (χ2v) is 5.27. The SMILES string of the molecule is COC(=O)CCN(CC(=O)OC)C(=O)c1ccc(-n2cccc2)cc1. The zero-order valence-electron chi connectivity index (χ0n) is 14.2. The highest BCUT2D eigenvalue weighted by molar-refractivity contribution is 5.96. The molecular weight excluding hydrogens is 324 g/mol. The van der Waals surface area contributed by atoms with Gasteiger partial charge in [0.25, 0.3) is 5.91 Å². The maximum Gasteiger partial charge on any atom is 0.325 e. The van der Waals surface area contributed by atoms with Crippen LogP contribution in [0.2, 0.25) is 0 Å². The Balaban J connectivity index is 2.13. The fourth-order valence-corrected chi connectivity index (χ4v) is 2.27. The molecule has 0 saturated carbocycles. The Kier molecular flexibility index (Phi) is 6.33. The van der Waals surface area contributed by atoms with E-state index in [0.29, 0.717) is 5.56 Å². The number of hydrogen-bond donors (Lipinski definition) is 0. The third-order valence-corrected chi connectivity index (χ3v) is 3.67. The van der Waals surface area contributed by atoms with Crippen LogP contribution in [0, 0.1) is 0 Å². The maximum atomic E-state index is 12.7. The molecule has 0 N–H and O–H groups in total. The van der Waals surface area contributed by atoms with Crippen LogP contribution in [0.1, 0.15) is 16.8 Å². The summed E-state index contributed by atoms with van der Waals surface area (Å²) < 4.78 is 11.1. The number of amides is 1. The van der Waals surface area contributed by atoms with Crippen LogP contribution in [-0.4, -0.2) is 54.6 Å². The normalized spacial score (nSPS) is 10.2. The molecule has 25 heavy (non-hydrogen) atoms. The molecule has 7 heteroatoms. The van der Waals surface area contributed by atoms with Crippen LogP contribution in [-0.2, 0) is 19.1 Å². The van der Waals surface area contributed by atoms with Crippen molar-refractivity contribution in [2.45, 2.75) is 6.42 Å².